The molecule has 0 amide bonds. The topological polar surface area (TPSA) is 55.2 Å². The zero-order valence-corrected chi connectivity index (χ0v) is 12.0. The Morgan fingerprint density at radius 3 is 2.83 bits per heavy atom. The van der Waals surface area contributed by atoms with Gasteiger partial charge in [-0.15, -0.1) is 11.3 Å². The Kier molecular flexibility index (Phi) is 3.98. The van der Waals surface area contributed by atoms with Crippen LogP contribution in [0.25, 0.3) is 0 Å². The lowest BCUT2D eigenvalue weighted by molar-refractivity contribution is -0.384. The van der Waals surface area contributed by atoms with Gasteiger partial charge in [-0.2, -0.15) is 0 Å². The maximum Gasteiger partial charge on any atom is 0.292 e. The Morgan fingerprint density at radius 2 is 2.22 bits per heavy atom. The molecule has 2 aromatic rings. The van der Waals surface area contributed by atoms with Crippen LogP contribution in [0.4, 0.5) is 11.4 Å². The molecule has 1 N–H and O–H groups in total. The molecule has 0 aliphatic carbocycles. The number of nitro benzene ring substituents is 1. The Labute approximate surface area is 117 Å². The van der Waals surface area contributed by atoms with Crippen molar-refractivity contribution in [2.45, 2.75) is 13.5 Å². The summed E-state index contributed by atoms with van der Waals surface area (Å²) in [5.41, 5.74) is 1.66. The number of nitro groups is 1. The van der Waals surface area contributed by atoms with Crippen molar-refractivity contribution in [3.63, 3.8) is 0 Å². The summed E-state index contributed by atoms with van der Waals surface area (Å²) < 4.78 is 1.03. The number of nitrogens with one attached hydrogen (secondary N) is 1. The lowest BCUT2D eigenvalue weighted by Gasteiger charge is -2.06. The van der Waals surface area contributed by atoms with Gasteiger partial charge in [0, 0.05) is 27.3 Å². The highest BCUT2D eigenvalue weighted by Crippen LogP contribution is 2.27. The second kappa shape index (κ2) is 5.49. The summed E-state index contributed by atoms with van der Waals surface area (Å²) in [4.78, 5) is 11.7. The average Bonchev–Trinajstić information content (AvgIpc) is 2.72. The van der Waals surface area contributed by atoms with Gasteiger partial charge in [-0.25, -0.2) is 0 Å². The van der Waals surface area contributed by atoms with Crippen molar-refractivity contribution in [3.05, 3.63) is 54.7 Å². The summed E-state index contributed by atoms with van der Waals surface area (Å²) >= 11 is 4.99. The molecule has 6 heteroatoms. The number of anilines is 1. The molecular weight excluding hydrogens is 316 g/mol. The predicted molar refractivity (Wildman–Crippen MR) is 77.2 cm³/mol. The van der Waals surface area contributed by atoms with Gasteiger partial charge < -0.3 is 5.32 Å². The molecule has 1 aromatic heterocycles. The molecule has 0 atom stereocenters. The van der Waals surface area contributed by atoms with Crippen molar-refractivity contribution in [1.29, 1.82) is 0 Å². The SMILES string of the molecule is Cc1ccc([N+](=O)[O-])c(NCc2cc(Br)cs2)c1. The van der Waals surface area contributed by atoms with E-state index in [9.17, 15) is 10.1 Å². The van der Waals surface area contributed by atoms with Crippen LogP contribution in [0, 0.1) is 17.0 Å². The third-order valence-electron chi connectivity index (χ3n) is 2.42. The van der Waals surface area contributed by atoms with Crippen LogP contribution in [0.5, 0.6) is 0 Å². The van der Waals surface area contributed by atoms with Crippen LogP contribution in [0.15, 0.2) is 34.1 Å². The number of aryl methyl sites for hydroxylation is 1. The maximum atomic E-state index is 10.9. The number of hydrogen-bond donors (Lipinski definition) is 1. The fourth-order valence-corrected chi connectivity index (χ4v) is 2.97. The number of benzene rings is 1. The first kappa shape index (κ1) is 13.0. The molecule has 0 fully saturated rings. The van der Waals surface area contributed by atoms with E-state index in [1.165, 1.54) is 6.07 Å². The molecule has 1 aromatic carbocycles. The normalized spacial score (nSPS) is 10.3. The maximum absolute atomic E-state index is 10.9. The molecule has 0 bridgehead atoms. The number of halogens is 1. The highest BCUT2D eigenvalue weighted by Gasteiger charge is 2.13. The van der Waals surface area contributed by atoms with E-state index in [2.05, 4.69) is 21.2 Å². The van der Waals surface area contributed by atoms with Crippen molar-refractivity contribution in [2.24, 2.45) is 0 Å². The molecule has 0 aliphatic heterocycles. The lowest BCUT2D eigenvalue weighted by atomic mass is 10.2. The van der Waals surface area contributed by atoms with Crippen LogP contribution in [-0.2, 0) is 6.54 Å². The van der Waals surface area contributed by atoms with Gasteiger partial charge in [-0.1, -0.05) is 6.07 Å². The second-order valence-electron chi connectivity index (χ2n) is 3.86. The van der Waals surface area contributed by atoms with E-state index in [0.717, 1.165) is 14.9 Å². The molecule has 0 spiro atoms. The van der Waals surface area contributed by atoms with Gasteiger partial charge in [0.25, 0.3) is 5.69 Å². The lowest BCUT2D eigenvalue weighted by Crippen LogP contribution is -2.01. The Bertz CT molecular complexity index is 583. The zero-order chi connectivity index (χ0) is 13.1. The minimum atomic E-state index is -0.369. The highest BCUT2D eigenvalue weighted by atomic mass is 79.9. The zero-order valence-electron chi connectivity index (χ0n) is 9.64. The molecule has 4 nitrogen and oxygen atoms in total. The van der Waals surface area contributed by atoms with Crippen molar-refractivity contribution in [2.75, 3.05) is 5.32 Å². The van der Waals surface area contributed by atoms with E-state index >= 15 is 0 Å². The van der Waals surface area contributed by atoms with Gasteiger partial charge in [0.15, 0.2) is 0 Å². The van der Waals surface area contributed by atoms with Crippen molar-refractivity contribution in [1.82, 2.24) is 0 Å². The van der Waals surface area contributed by atoms with E-state index in [1.807, 2.05) is 18.4 Å². The fourth-order valence-electron chi connectivity index (χ4n) is 1.58. The molecular formula is C12H11BrN2O2S. The summed E-state index contributed by atoms with van der Waals surface area (Å²) in [6, 6.07) is 7.06. The first-order valence-corrected chi connectivity index (χ1v) is 6.95. The Morgan fingerprint density at radius 1 is 1.44 bits per heavy atom. The standard InChI is InChI=1S/C12H11BrN2O2S/c1-8-2-3-12(15(16)17)11(4-8)14-6-10-5-9(13)7-18-10/h2-5,7,14H,6H2,1H3. The monoisotopic (exact) mass is 326 g/mol. The van der Waals surface area contributed by atoms with E-state index < -0.39 is 0 Å². The summed E-state index contributed by atoms with van der Waals surface area (Å²) in [5.74, 6) is 0. The van der Waals surface area contributed by atoms with Gasteiger partial charge in [0.2, 0.25) is 0 Å². The van der Waals surface area contributed by atoms with Crippen LogP contribution in [0.1, 0.15) is 10.4 Å². The third kappa shape index (κ3) is 3.08. The summed E-state index contributed by atoms with van der Waals surface area (Å²) in [5, 5.41) is 16.0. The van der Waals surface area contributed by atoms with Gasteiger partial charge in [0.1, 0.15) is 5.69 Å². The minimum Gasteiger partial charge on any atom is -0.375 e. The Hall–Kier alpha value is -1.40. The van der Waals surface area contributed by atoms with E-state index in [-0.39, 0.29) is 10.6 Å². The van der Waals surface area contributed by atoms with Crippen molar-refractivity contribution in [3.8, 4) is 0 Å². The molecule has 94 valence electrons. The molecule has 1 heterocycles. The van der Waals surface area contributed by atoms with Gasteiger partial charge in [0.05, 0.1) is 4.92 Å². The molecule has 18 heavy (non-hydrogen) atoms. The van der Waals surface area contributed by atoms with E-state index in [4.69, 9.17) is 0 Å². The quantitative estimate of drug-likeness (QED) is 0.671. The average molecular weight is 327 g/mol. The molecule has 2 rings (SSSR count). The van der Waals surface area contributed by atoms with Crippen molar-refractivity contribution < 1.29 is 4.92 Å². The van der Waals surface area contributed by atoms with E-state index in [0.29, 0.717) is 12.2 Å². The number of nitrogens with zero attached hydrogens (tertiary/aromatic N) is 1. The molecule has 0 saturated carbocycles. The van der Waals surface area contributed by atoms with Crippen LogP contribution in [0.2, 0.25) is 0 Å². The van der Waals surface area contributed by atoms with Gasteiger partial charge in [-0.3, -0.25) is 10.1 Å². The second-order valence-corrected chi connectivity index (χ2v) is 5.77. The summed E-state index contributed by atoms with van der Waals surface area (Å²) in [7, 11) is 0. The summed E-state index contributed by atoms with van der Waals surface area (Å²) in [6.45, 7) is 2.50. The highest BCUT2D eigenvalue weighted by molar-refractivity contribution is 9.10. The van der Waals surface area contributed by atoms with Crippen molar-refractivity contribution >= 4 is 38.6 Å². The number of hydrogen-bond acceptors (Lipinski definition) is 4. The first-order chi connectivity index (χ1) is 8.56. The van der Waals surface area contributed by atoms with Crippen LogP contribution >= 0.6 is 27.3 Å². The smallest absolute Gasteiger partial charge is 0.292 e. The molecule has 0 saturated heterocycles. The minimum absolute atomic E-state index is 0.108. The first-order valence-electron chi connectivity index (χ1n) is 5.28. The van der Waals surface area contributed by atoms with Crippen LogP contribution < -0.4 is 5.32 Å². The Balaban J connectivity index is 2.17. The molecule has 0 unspecified atom stereocenters. The number of thiophene rings is 1. The van der Waals surface area contributed by atoms with Gasteiger partial charge >= 0.3 is 0 Å². The predicted octanol–water partition coefficient (Wildman–Crippen LogP) is 4.34. The summed E-state index contributed by atoms with van der Waals surface area (Å²) in [6.07, 6.45) is 0. The van der Waals surface area contributed by atoms with Crippen LogP contribution in [0.3, 0.4) is 0 Å². The fraction of sp³-hybridized carbons (Fsp3) is 0.167. The molecule has 0 aliphatic rings. The third-order valence-corrected chi connectivity index (χ3v) is 4.12. The number of rotatable bonds is 4. The van der Waals surface area contributed by atoms with E-state index in [1.54, 1.807) is 23.5 Å². The molecule has 0 radical (unpaired) electrons. The largest absolute Gasteiger partial charge is 0.375 e. The van der Waals surface area contributed by atoms with Crippen LogP contribution in [-0.4, -0.2) is 4.92 Å². The van der Waals surface area contributed by atoms with Gasteiger partial charge in [-0.05, 0) is 40.5 Å².